The van der Waals surface area contributed by atoms with Crippen LogP contribution in [0.25, 0.3) is 16.7 Å². The Morgan fingerprint density at radius 3 is 2.35 bits per heavy atom. The molecule has 0 fully saturated rings. The van der Waals surface area contributed by atoms with E-state index in [1.165, 1.54) is 13.2 Å². The van der Waals surface area contributed by atoms with Crippen LogP contribution in [0.4, 0.5) is 0 Å². The van der Waals surface area contributed by atoms with E-state index in [0.29, 0.717) is 11.5 Å². The number of rotatable bonds is 5. The molecule has 0 amide bonds. The van der Waals surface area contributed by atoms with Crippen molar-refractivity contribution in [3.8, 4) is 22.6 Å². The number of hydrogen-bond acceptors (Lipinski definition) is 5. The van der Waals surface area contributed by atoms with Crippen LogP contribution in [-0.2, 0) is 9.53 Å². The van der Waals surface area contributed by atoms with Crippen molar-refractivity contribution in [2.45, 2.75) is 6.92 Å². The van der Waals surface area contributed by atoms with Gasteiger partial charge in [0.1, 0.15) is 0 Å². The summed E-state index contributed by atoms with van der Waals surface area (Å²) in [5.41, 5.74) is 3.43. The number of allylic oxidation sites excluding steroid dienone is 1. The molecule has 1 aromatic carbocycles. The molecule has 1 heterocycles. The van der Waals surface area contributed by atoms with E-state index in [2.05, 4.69) is 9.72 Å². The number of carbonyl (C=O) groups is 1. The number of benzene rings is 1. The van der Waals surface area contributed by atoms with Crippen molar-refractivity contribution in [1.29, 1.82) is 0 Å². The third-order valence-electron chi connectivity index (χ3n) is 3.46. The summed E-state index contributed by atoms with van der Waals surface area (Å²) in [6.45, 7) is 1.84. The van der Waals surface area contributed by atoms with Gasteiger partial charge in [0.2, 0.25) is 0 Å². The van der Waals surface area contributed by atoms with Crippen LogP contribution >= 0.6 is 0 Å². The summed E-state index contributed by atoms with van der Waals surface area (Å²) in [6, 6.07) is 7.56. The summed E-state index contributed by atoms with van der Waals surface area (Å²) in [6.07, 6.45) is 4.87. The highest BCUT2D eigenvalue weighted by Gasteiger charge is 2.15. The lowest BCUT2D eigenvalue weighted by Gasteiger charge is -2.15. The molecule has 0 saturated heterocycles. The molecule has 2 rings (SSSR count). The van der Waals surface area contributed by atoms with Crippen molar-refractivity contribution < 1.29 is 19.0 Å². The number of esters is 1. The minimum atomic E-state index is -0.400. The number of carbonyl (C=O) groups excluding carboxylic acids is 1. The Hall–Kier alpha value is -2.82. The van der Waals surface area contributed by atoms with E-state index in [0.717, 1.165) is 22.3 Å². The molecule has 5 nitrogen and oxygen atoms in total. The lowest BCUT2D eigenvalue weighted by Crippen LogP contribution is -1.98. The Balaban J connectivity index is 2.63. The zero-order valence-corrected chi connectivity index (χ0v) is 13.6. The highest BCUT2D eigenvalue weighted by atomic mass is 16.5. The molecule has 0 radical (unpaired) electrons. The van der Waals surface area contributed by atoms with Crippen molar-refractivity contribution in [2.75, 3.05) is 21.3 Å². The summed E-state index contributed by atoms with van der Waals surface area (Å²) >= 11 is 0. The summed E-state index contributed by atoms with van der Waals surface area (Å²) in [4.78, 5) is 15.5. The molecule has 120 valence electrons. The number of nitrogens with zero attached hydrogens (tertiary/aromatic N) is 1. The van der Waals surface area contributed by atoms with E-state index >= 15 is 0 Å². The lowest BCUT2D eigenvalue weighted by atomic mass is 9.98. The van der Waals surface area contributed by atoms with Crippen LogP contribution in [0.2, 0.25) is 0 Å². The third-order valence-corrected chi connectivity index (χ3v) is 3.46. The second-order valence-electron chi connectivity index (χ2n) is 4.85. The van der Waals surface area contributed by atoms with Gasteiger partial charge in [0.05, 0.1) is 21.3 Å². The van der Waals surface area contributed by atoms with Crippen molar-refractivity contribution in [1.82, 2.24) is 4.98 Å². The molecule has 0 saturated carbocycles. The van der Waals surface area contributed by atoms with Crippen LogP contribution in [-0.4, -0.2) is 32.3 Å². The third kappa shape index (κ3) is 3.69. The largest absolute Gasteiger partial charge is 0.493 e. The fourth-order valence-corrected chi connectivity index (χ4v) is 2.26. The predicted molar refractivity (Wildman–Crippen MR) is 88.4 cm³/mol. The summed E-state index contributed by atoms with van der Waals surface area (Å²) in [7, 11) is 4.53. The summed E-state index contributed by atoms with van der Waals surface area (Å²) < 4.78 is 15.6. The van der Waals surface area contributed by atoms with Gasteiger partial charge in [-0.2, -0.15) is 0 Å². The molecule has 23 heavy (non-hydrogen) atoms. The molecule has 5 heteroatoms. The first-order chi connectivity index (χ1) is 11.1. The van der Waals surface area contributed by atoms with Gasteiger partial charge in [-0.3, -0.25) is 4.98 Å². The molecule has 0 bridgehead atoms. The molecule has 0 aliphatic carbocycles. The molecular formula is C18H19NO4. The molecule has 1 aromatic heterocycles. The van der Waals surface area contributed by atoms with Crippen molar-refractivity contribution in [3.05, 3.63) is 48.3 Å². The topological polar surface area (TPSA) is 57.7 Å². The molecule has 0 aliphatic rings. The maximum Gasteiger partial charge on any atom is 0.330 e. The Morgan fingerprint density at radius 1 is 1.09 bits per heavy atom. The Kier molecular flexibility index (Phi) is 5.36. The average molecular weight is 313 g/mol. The quantitative estimate of drug-likeness (QED) is 0.626. The van der Waals surface area contributed by atoms with E-state index in [1.54, 1.807) is 26.6 Å². The minimum absolute atomic E-state index is 0.400. The molecule has 0 unspecified atom stereocenters. The van der Waals surface area contributed by atoms with Gasteiger partial charge < -0.3 is 14.2 Å². The van der Waals surface area contributed by atoms with E-state index in [4.69, 9.17) is 9.47 Å². The van der Waals surface area contributed by atoms with Gasteiger partial charge in [-0.1, -0.05) is 0 Å². The van der Waals surface area contributed by atoms with Gasteiger partial charge >= 0.3 is 5.97 Å². The van der Waals surface area contributed by atoms with Gasteiger partial charge in [-0.05, 0) is 47.9 Å². The second kappa shape index (κ2) is 7.45. The molecule has 0 atom stereocenters. The van der Waals surface area contributed by atoms with Gasteiger partial charge in [0.15, 0.2) is 11.5 Å². The fraction of sp³-hybridized carbons (Fsp3) is 0.222. The van der Waals surface area contributed by atoms with Crippen molar-refractivity contribution in [2.24, 2.45) is 0 Å². The number of aromatic nitrogens is 1. The Labute approximate surface area is 135 Å². The van der Waals surface area contributed by atoms with E-state index in [-0.39, 0.29) is 0 Å². The van der Waals surface area contributed by atoms with Crippen LogP contribution in [0.5, 0.6) is 11.5 Å². The smallest absolute Gasteiger partial charge is 0.330 e. The number of pyridine rings is 1. The van der Waals surface area contributed by atoms with Gasteiger partial charge in [-0.25, -0.2) is 4.79 Å². The highest BCUT2D eigenvalue weighted by molar-refractivity contribution is 5.92. The zero-order chi connectivity index (χ0) is 16.8. The van der Waals surface area contributed by atoms with Crippen LogP contribution in [0, 0.1) is 0 Å². The fourth-order valence-electron chi connectivity index (χ4n) is 2.26. The van der Waals surface area contributed by atoms with Crippen LogP contribution < -0.4 is 9.47 Å². The van der Waals surface area contributed by atoms with E-state index in [1.807, 2.05) is 31.2 Å². The minimum Gasteiger partial charge on any atom is -0.493 e. The number of ether oxygens (including phenoxy) is 3. The zero-order valence-electron chi connectivity index (χ0n) is 13.6. The lowest BCUT2D eigenvalue weighted by molar-refractivity contribution is -0.134. The maximum absolute atomic E-state index is 11.5. The first-order valence-corrected chi connectivity index (χ1v) is 7.03. The predicted octanol–water partition coefficient (Wildman–Crippen LogP) is 3.34. The van der Waals surface area contributed by atoms with Gasteiger partial charge in [0.25, 0.3) is 0 Å². The number of hydrogen-bond donors (Lipinski definition) is 0. The first kappa shape index (κ1) is 16.5. The molecule has 0 N–H and O–H groups in total. The van der Waals surface area contributed by atoms with Gasteiger partial charge in [-0.15, -0.1) is 0 Å². The summed E-state index contributed by atoms with van der Waals surface area (Å²) in [5, 5.41) is 0. The van der Waals surface area contributed by atoms with Crippen molar-refractivity contribution in [3.63, 3.8) is 0 Å². The monoisotopic (exact) mass is 313 g/mol. The number of methoxy groups -OCH3 is 3. The highest BCUT2D eigenvalue weighted by Crippen LogP contribution is 2.40. The van der Waals surface area contributed by atoms with Gasteiger partial charge in [0, 0.05) is 24.0 Å². The second-order valence-corrected chi connectivity index (χ2v) is 4.85. The first-order valence-electron chi connectivity index (χ1n) is 7.03. The maximum atomic E-state index is 11.5. The average Bonchev–Trinajstić information content (AvgIpc) is 2.60. The molecule has 0 spiro atoms. The Bertz CT molecular complexity index is 723. The van der Waals surface area contributed by atoms with Crippen LogP contribution in [0.3, 0.4) is 0 Å². The molecule has 2 aromatic rings. The van der Waals surface area contributed by atoms with E-state index < -0.39 is 5.97 Å². The van der Waals surface area contributed by atoms with E-state index in [9.17, 15) is 4.79 Å². The normalized spacial score (nSPS) is 11.0. The van der Waals surface area contributed by atoms with Crippen molar-refractivity contribution >= 4 is 11.5 Å². The SMILES string of the molecule is COC(=O)/C=C(\C)c1cc(OC)c(OC)c(-c2ccncc2)c1. The molecule has 0 aliphatic heterocycles. The Morgan fingerprint density at radius 2 is 1.78 bits per heavy atom. The van der Waals surface area contributed by atoms with Crippen LogP contribution in [0.1, 0.15) is 12.5 Å². The summed E-state index contributed by atoms with van der Waals surface area (Å²) in [5.74, 6) is 0.825. The standard InChI is InChI=1S/C18H19NO4/c1-12(9-17(20)22-3)14-10-15(13-5-7-19-8-6-13)18(23-4)16(11-14)21-2/h5-11H,1-4H3/b12-9+. The molecular weight excluding hydrogens is 294 g/mol. The van der Waals surface area contributed by atoms with Crippen LogP contribution in [0.15, 0.2) is 42.7 Å².